The Morgan fingerprint density at radius 2 is 1.64 bits per heavy atom. The van der Waals surface area contributed by atoms with Gasteiger partial charge in [-0.1, -0.05) is 25.7 Å². The lowest BCUT2D eigenvalue weighted by molar-refractivity contribution is 0.256. The molecule has 0 bridgehead atoms. The zero-order valence-electron chi connectivity index (χ0n) is 10.6. The molecular formula is C13H25N. The van der Waals surface area contributed by atoms with E-state index in [9.17, 15) is 0 Å². The van der Waals surface area contributed by atoms with Gasteiger partial charge in [-0.25, -0.2) is 0 Å². The Kier molecular flexibility index (Phi) is 5.88. The largest absolute Gasteiger partial charge is 0.292 e. The van der Waals surface area contributed by atoms with Gasteiger partial charge < -0.3 is 0 Å². The average Bonchev–Trinajstić information content (AvgIpc) is 2.04. The maximum atomic E-state index is 3.26. The van der Waals surface area contributed by atoms with Crippen molar-refractivity contribution in [2.45, 2.75) is 53.5 Å². The third kappa shape index (κ3) is 6.05. The molecule has 0 radical (unpaired) electrons. The van der Waals surface area contributed by atoms with Crippen LogP contribution in [-0.2, 0) is 0 Å². The predicted molar refractivity (Wildman–Crippen MR) is 64.2 cm³/mol. The first-order valence-corrected chi connectivity index (χ1v) is 5.61. The van der Waals surface area contributed by atoms with Crippen molar-refractivity contribution in [3.63, 3.8) is 0 Å². The Balaban J connectivity index is 4.04. The number of nitrogens with zero attached hydrogens (tertiary/aromatic N) is 1. The molecule has 0 N–H and O–H groups in total. The second-order valence-corrected chi connectivity index (χ2v) is 4.94. The summed E-state index contributed by atoms with van der Waals surface area (Å²) < 4.78 is 0. The minimum Gasteiger partial charge on any atom is -0.292 e. The van der Waals surface area contributed by atoms with Crippen LogP contribution in [0, 0.1) is 17.3 Å². The molecule has 0 aliphatic carbocycles. The highest BCUT2D eigenvalue weighted by atomic mass is 15.1. The normalized spacial score (nSPS) is 11.7. The lowest BCUT2D eigenvalue weighted by Crippen LogP contribution is -2.30. The highest BCUT2D eigenvalue weighted by Gasteiger charge is 2.08. The van der Waals surface area contributed by atoms with Gasteiger partial charge in [0.1, 0.15) is 0 Å². The Bertz CT molecular complexity index is 198. The van der Waals surface area contributed by atoms with E-state index < -0.39 is 0 Å². The number of rotatable bonds is 4. The van der Waals surface area contributed by atoms with E-state index in [0.717, 1.165) is 6.54 Å². The van der Waals surface area contributed by atoms with E-state index >= 15 is 0 Å². The van der Waals surface area contributed by atoms with Gasteiger partial charge in [0.25, 0.3) is 0 Å². The molecule has 0 heterocycles. The summed E-state index contributed by atoms with van der Waals surface area (Å²) in [7, 11) is 2.16. The van der Waals surface area contributed by atoms with Crippen LogP contribution >= 0.6 is 0 Å². The second-order valence-electron chi connectivity index (χ2n) is 4.94. The molecule has 0 saturated heterocycles. The summed E-state index contributed by atoms with van der Waals surface area (Å²) in [6, 6.07) is 0.685. The van der Waals surface area contributed by atoms with Crippen LogP contribution in [0.3, 0.4) is 0 Å². The van der Waals surface area contributed by atoms with Gasteiger partial charge in [0.2, 0.25) is 0 Å². The van der Waals surface area contributed by atoms with Gasteiger partial charge in [0.05, 0.1) is 6.54 Å². The zero-order chi connectivity index (χ0) is 11.2. The van der Waals surface area contributed by atoms with Gasteiger partial charge in [0.15, 0.2) is 0 Å². The number of hydrogen-bond donors (Lipinski definition) is 0. The maximum absolute atomic E-state index is 3.26. The molecule has 0 aromatic heterocycles. The van der Waals surface area contributed by atoms with E-state index in [1.807, 2.05) is 0 Å². The van der Waals surface area contributed by atoms with Gasteiger partial charge in [-0.3, -0.25) is 4.90 Å². The zero-order valence-corrected chi connectivity index (χ0v) is 10.6. The summed E-state index contributed by atoms with van der Waals surface area (Å²) >= 11 is 0. The molecule has 0 saturated carbocycles. The second kappa shape index (κ2) is 6.09. The fourth-order valence-electron chi connectivity index (χ4n) is 1.47. The van der Waals surface area contributed by atoms with Crippen LogP contribution in [-0.4, -0.2) is 24.5 Å². The average molecular weight is 195 g/mol. The first-order valence-electron chi connectivity index (χ1n) is 5.61. The molecule has 0 aliphatic rings. The van der Waals surface area contributed by atoms with E-state index in [0.29, 0.717) is 6.04 Å². The van der Waals surface area contributed by atoms with Gasteiger partial charge in [-0.2, -0.15) is 0 Å². The smallest absolute Gasteiger partial charge is 0.0601 e. The first kappa shape index (κ1) is 13.5. The Morgan fingerprint density at radius 3 is 2.00 bits per heavy atom. The minimum absolute atomic E-state index is 0.134. The molecule has 0 rings (SSSR count). The molecule has 0 unspecified atom stereocenters. The minimum atomic E-state index is 0.134. The summed E-state index contributed by atoms with van der Waals surface area (Å²) in [5.74, 6) is 6.51. The molecule has 0 amide bonds. The van der Waals surface area contributed by atoms with Crippen LogP contribution < -0.4 is 0 Å². The molecule has 0 aromatic rings. The maximum Gasteiger partial charge on any atom is 0.0601 e. The SMILES string of the molecule is CCC(CC)N(C)CC#CC(C)(C)C. The Labute approximate surface area is 89.9 Å². The lowest BCUT2D eigenvalue weighted by Gasteiger charge is -2.23. The fraction of sp³-hybridized carbons (Fsp3) is 0.846. The van der Waals surface area contributed by atoms with Crippen molar-refractivity contribution in [1.82, 2.24) is 4.90 Å². The topological polar surface area (TPSA) is 3.24 Å². The first-order chi connectivity index (χ1) is 6.40. The highest BCUT2D eigenvalue weighted by molar-refractivity contribution is 5.08. The molecule has 14 heavy (non-hydrogen) atoms. The van der Waals surface area contributed by atoms with Crippen molar-refractivity contribution in [3.05, 3.63) is 0 Å². The van der Waals surface area contributed by atoms with E-state index in [-0.39, 0.29) is 5.41 Å². The van der Waals surface area contributed by atoms with E-state index in [1.54, 1.807) is 0 Å². The summed E-state index contributed by atoms with van der Waals surface area (Å²) in [6.45, 7) is 11.8. The van der Waals surface area contributed by atoms with Crippen LogP contribution in [0.15, 0.2) is 0 Å². The quantitative estimate of drug-likeness (QED) is 0.623. The molecule has 0 atom stereocenters. The molecule has 0 aliphatic heterocycles. The van der Waals surface area contributed by atoms with Crippen LogP contribution in [0.2, 0.25) is 0 Å². The summed E-state index contributed by atoms with van der Waals surface area (Å²) in [5.41, 5.74) is 0.134. The molecule has 0 spiro atoms. The van der Waals surface area contributed by atoms with Crippen molar-refractivity contribution >= 4 is 0 Å². The molecule has 82 valence electrons. The summed E-state index contributed by atoms with van der Waals surface area (Å²) in [6.07, 6.45) is 2.42. The van der Waals surface area contributed by atoms with Crippen molar-refractivity contribution in [1.29, 1.82) is 0 Å². The van der Waals surface area contributed by atoms with Crippen molar-refractivity contribution < 1.29 is 0 Å². The Hall–Kier alpha value is -0.480. The monoisotopic (exact) mass is 195 g/mol. The molecule has 0 aromatic carbocycles. The van der Waals surface area contributed by atoms with E-state index in [1.165, 1.54) is 12.8 Å². The molecule has 0 fully saturated rings. The molecule has 1 nitrogen and oxygen atoms in total. The lowest BCUT2D eigenvalue weighted by atomic mass is 9.98. The van der Waals surface area contributed by atoms with Crippen molar-refractivity contribution in [2.75, 3.05) is 13.6 Å². The molecular weight excluding hydrogens is 170 g/mol. The van der Waals surface area contributed by atoms with Gasteiger partial charge >= 0.3 is 0 Å². The van der Waals surface area contributed by atoms with Crippen molar-refractivity contribution in [2.24, 2.45) is 5.41 Å². The fourth-order valence-corrected chi connectivity index (χ4v) is 1.47. The van der Waals surface area contributed by atoms with Crippen LogP contribution in [0.4, 0.5) is 0 Å². The summed E-state index contributed by atoms with van der Waals surface area (Å²) in [5, 5.41) is 0. The van der Waals surface area contributed by atoms with Crippen LogP contribution in [0.25, 0.3) is 0 Å². The molecule has 1 heteroatoms. The van der Waals surface area contributed by atoms with Crippen molar-refractivity contribution in [3.8, 4) is 11.8 Å². The van der Waals surface area contributed by atoms with Gasteiger partial charge in [-0.05, 0) is 40.7 Å². The highest BCUT2D eigenvalue weighted by Crippen LogP contribution is 2.10. The Morgan fingerprint density at radius 1 is 1.14 bits per heavy atom. The van der Waals surface area contributed by atoms with E-state index in [2.05, 4.69) is 58.4 Å². The van der Waals surface area contributed by atoms with Crippen LogP contribution in [0.1, 0.15) is 47.5 Å². The number of hydrogen-bond acceptors (Lipinski definition) is 1. The van der Waals surface area contributed by atoms with Gasteiger partial charge in [0, 0.05) is 11.5 Å². The van der Waals surface area contributed by atoms with Gasteiger partial charge in [-0.15, -0.1) is 0 Å². The standard InChI is InChI=1S/C13H25N/c1-7-12(8-2)14(6)11-9-10-13(3,4)5/h12H,7-8,11H2,1-6H3. The van der Waals surface area contributed by atoms with E-state index in [4.69, 9.17) is 0 Å². The third-order valence-electron chi connectivity index (χ3n) is 2.36. The third-order valence-corrected chi connectivity index (χ3v) is 2.36. The summed E-state index contributed by atoms with van der Waals surface area (Å²) in [4.78, 5) is 2.35. The predicted octanol–water partition coefficient (Wildman–Crippen LogP) is 3.16. The van der Waals surface area contributed by atoms with Crippen LogP contribution in [0.5, 0.6) is 0 Å².